The number of alkyl halides is 3. The van der Waals surface area contributed by atoms with E-state index in [1.54, 1.807) is 7.11 Å². The van der Waals surface area contributed by atoms with Crippen LogP contribution in [0.2, 0.25) is 0 Å². The van der Waals surface area contributed by atoms with Crippen molar-refractivity contribution in [3.05, 3.63) is 23.8 Å². The van der Waals surface area contributed by atoms with Gasteiger partial charge in [-0.25, -0.2) is 4.99 Å². The summed E-state index contributed by atoms with van der Waals surface area (Å²) in [5.41, 5.74) is 0.888. The molecule has 2 rings (SSSR count). The van der Waals surface area contributed by atoms with E-state index in [-0.39, 0.29) is 12.6 Å². The van der Waals surface area contributed by atoms with E-state index in [1.807, 2.05) is 25.1 Å². The molecule has 0 saturated heterocycles. The predicted octanol–water partition coefficient (Wildman–Crippen LogP) is 4.02. The van der Waals surface area contributed by atoms with Crippen molar-refractivity contribution >= 4 is 5.96 Å². The first-order valence-electron chi connectivity index (χ1n) is 9.33. The molecule has 27 heavy (non-hydrogen) atoms. The number of halogens is 3. The van der Waals surface area contributed by atoms with Crippen molar-refractivity contribution in [2.45, 2.75) is 57.9 Å². The van der Waals surface area contributed by atoms with Gasteiger partial charge in [-0.2, -0.15) is 13.2 Å². The lowest BCUT2D eigenvalue weighted by Crippen LogP contribution is -2.38. The first-order valence-corrected chi connectivity index (χ1v) is 9.33. The van der Waals surface area contributed by atoms with E-state index >= 15 is 0 Å². The lowest BCUT2D eigenvalue weighted by Gasteiger charge is -2.16. The lowest BCUT2D eigenvalue weighted by atomic mass is 10.2. The van der Waals surface area contributed by atoms with Crippen molar-refractivity contribution in [2.24, 2.45) is 4.99 Å². The van der Waals surface area contributed by atoms with Gasteiger partial charge in [0.25, 0.3) is 0 Å². The van der Waals surface area contributed by atoms with E-state index in [0.717, 1.165) is 18.4 Å². The van der Waals surface area contributed by atoms with Gasteiger partial charge in [0.1, 0.15) is 0 Å². The van der Waals surface area contributed by atoms with Crippen molar-refractivity contribution in [3.8, 4) is 11.5 Å². The van der Waals surface area contributed by atoms with Crippen LogP contribution in [-0.2, 0) is 6.54 Å². The van der Waals surface area contributed by atoms with Crippen molar-refractivity contribution in [2.75, 3.05) is 20.2 Å². The van der Waals surface area contributed by atoms with Crippen molar-refractivity contribution in [1.82, 2.24) is 10.6 Å². The van der Waals surface area contributed by atoms with Gasteiger partial charge in [-0.1, -0.05) is 6.07 Å². The van der Waals surface area contributed by atoms with Gasteiger partial charge in [0.15, 0.2) is 17.5 Å². The molecule has 1 aliphatic rings. The SMILES string of the molecule is CCNC(=NCc1ccc(OC2CCCC2)c(OC)c1)NCCC(F)(F)F. The minimum Gasteiger partial charge on any atom is -0.493 e. The van der Waals surface area contributed by atoms with Gasteiger partial charge in [0.05, 0.1) is 26.2 Å². The molecule has 1 aliphatic carbocycles. The molecule has 8 heteroatoms. The highest BCUT2D eigenvalue weighted by Gasteiger charge is 2.26. The maximum atomic E-state index is 12.3. The average Bonchev–Trinajstić information content (AvgIpc) is 3.12. The Hall–Kier alpha value is -2.12. The van der Waals surface area contributed by atoms with Crippen LogP contribution in [0.4, 0.5) is 13.2 Å². The Bertz CT molecular complexity index is 615. The van der Waals surface area contributed by atoms with Gasteiger partial charge < -0.3 is 20.1 Å². The zero-order valence-electron chi connectivity index (χ0n) is 15.9. The van der Waals surface area contributed by atoms with Crippen molar-refractivity contribution < 1.29 is 22.6 Å². The van der Waals surface area contributed by atoms with Crippen LogP contribution in [-0.4, -0.2) is 38.4 Å². The molecule has 0 atom stereocenters. The van der Waals surface area contributed by atoms with Crippen LogP contribution in [0.1, 0.15) is 44.6 Å². The van der Waals surface area contributed by atoms with Gasteiger partial charge in [0, 0.05) is 13.1 Å². The van der Waals surface area contributed by atoms with E-state index in [1.165, 1.54) is 12.8 Å². The number of nitrogens with one attached hydrogen (secondary N) is 2. The predicted molar refractivity (Wildman–Crippen MR) is 99.4 cm³/mol. The fraction of sp³-hybridized carbons (Fsp3) is 0.632. The first kappa shape index (κ1) is 21.2. The fourth-order valence-corrected chi connectivity index (χ4v) is 2.93. The normalized spacial score (nSPS) is 15.7. The van der Waals surface area contributed by atoms with Crippen LogP contribution in [0.5, 0.6) is 11.5 Å². The second-order valence-corrected chi connectivity index (χ2v) is 6.50. The van der Waals surface area contributed by atoms with Crippen LogP contribution in [0.25, 0.3) is 0 Å². The molecule has 152 valence electrons. The Labute approximate surface area is 158 Å². The molecule has 0 bridgehead atoms. The van der Waals surface area contributed by atoms with Crippen LogP contribution in [0.15, 0.2) is 23.2 Å². The molecule has 1 aromatic rings. The summed E-state index contributed by atoms with van der Waals surface area (Å²) in [6.45, 7) is 2.53. The van der Waals surface area contributed by atoms with E-state index in [9.17, 15) is 13.2 Å². The Morgan fingerprint density at radius 1 is 1.19 bits per heavy atom. The summed E-state index contributed by atoms with van der Waals surface area (Å²) in [5.74, 6) is 1.71. The van der Waals surface area contributed by atoms with Gasteiger partial charge >= 0.3 is 6.18 Å². The van der Waals surface area contributed by atoms with Crippen LogP contribution in [0, 0.1) is 0 Å². The molecule has 1 saturated carbocycles. The molecule has 0 amide bonds. The highest BCUT2D eigenvalue weighted by atomic mass is 19.4. The van der Waals surface area contributed by atoms with Crippen LogP contribution < -0.4 is 20.1 Å². The molecule has 0 aromatic heterocycles. The summed E-state index contributed by atoms with van der Waals surface area (Å²) >= 11 is 0. The molecule has 2 N–H and O–H groups in total. The average molecular weight is 387 g/mol. The molecule has 0 heterocycles. The highest BCUT2D eigenvalue weighted by molar-refractivity contribution is 5.79. The molecule has 0 aliphatic heterocycles. The number of benzene rings is 1. The van der Waals surface area contributed by atoms with Crippen LogP contribution >= 0.6 is 0 Å². The molecule has 0 unspecified atom stereocenters. The van der Waals surface area contributed by atoms with E-state index < -0.39 is 12.6 Å². The number of hydrogen-bond acceptors (Lipinski definition) is 3. The monoisotopic (exact) mass is 387 g/mol. The van der Waals surface area contributed by atoms with E-state index in [2.05, 4.69) is 15.6 Å². The minimum absolute atomic E-state index is 0.215. The Morgan fingerprint density at radius 3 is 2.56 bits per heavy atom. The maximum absolute atomic E-state index is 12.3. The summed E-state index contributed by atoms with van der Waals surface area (Å²) in [6.07, 6.45) is -0.357. The topological polar surface area (TPSA) is 54.9 Å². The van der Waals surface area contributed by atoms with Gasteiger partial charge in [0.2, 0.25) is 0 Å². The molecule has 1 aromatic carbocycles. The fourth-order valence-electron chi connectivity index (χ4n) is 2.93. The molecular formula is C19H28F3N3O2. The summed E-state index contributed by atoms with van der Waals surface area (Å²) in [7, 11) is 1.59. The number of guanidine groups is 1. The van der Waals surface area contributed by atoms with Gasteiger partial charge in [-0.15, -0.1) is 0 Å². The number of rotatable bonds is 8. The number of nitrogens with zero attached hydrogens (tertiary/aromatic N) is 1. The number of ether oxygens (including phenoxy) is 2. The summed E-state index contributed by atoms with van der Waals surface area (Å²) in [4.78, 5) is 4.34. The van der Waals surface area contributed by atoms with E-state index in [4.69, 9.17) is 9.47 Å². The summed E-state index contributed by atoms with van der Waals surface area (Å²) < 4.78 is 48.3. The number of aliphatic imine (C=N–C) groups is 1. The van der Waals surface area contributed by atoms with Crippen molar-refractivity contribution in [1.29, 1.82) is 0 Å². The standard InChI is InChI=1S/C19H28F3N3O2/c1-3-23-18(24-11-10-19(20,21)22)25-13-14-8-9-16(17(12-14)26-2)27-15-6-4-5-7-15/h8-9,12,15H,3-7,10-11,13H2,1-2H3,(H2,23,24,25). The summed E-state index contributed by atoms with van der Waals surface area (Å²) in [6, 6.07) is 5.62. The highest BCUT2D eigenvalue weighted by Crippen LogP contribution is 2.32. The number of methoxy groups -OCH3 is 1. The molecular weight excluding hydrogens is 359 g/mol. The second kappa shape index (κ2) is 10.3. The van der Waals surface area contributed by atoms with Gasteiger partial charge in [-0.05, 0) is 50.3 Å². The Morgan fingerprint density at radius 2 is 1.93 bits per heavy atom. The van der Waals surface area contributed by atoms with E-state index in [0.29, 0.717) is 30.5 Å². The largest absolute Gasteiger partial charge is 0.493 e. The lowest BCUT2D eigenvalue weighted by molar-refractivity contribution is -0.132. The second-order valence-electron chi connectivity index (χ2n) is 6.50. The third-order valence-electron chi connectivity index (χ3n) is 4.29. The zero-order chi connectivity index (χ0) is 19.7. The summed E-state index contributed by atoms with van der Waals surface area (Å²) in [5, 5.41) is 5.64. The van der Waals surface area contributed by atoms with Gasteiger partial charge in [-0.3, -0.25) is 0 Å². The molecule has 0 radical (unpaired) electrons. The third kappa shape index (κ3) is 7.56. The molecule has 5 nitrogen and oxygen atoms in total. The van der Waals surface area contributed by atoms with Crippen molar-refractivity contribution in [3.63, 3.8) is 0 Å². The zero-order valence-corrected chi connectivity index (χ0v) is 15.9. The minimum atomic E-state index is -4.19. The molecule has 1 fully saturated rings. The molecule has 0 spiro atoms. The Balaban J connectivity index is 1.97. The first-order chi connectivity index (χ1) is 12.9. The smallest absolute Gasteiger partial charge is 0.390 e. The Kier molecular flexibility index (Phi) is 8.06. The third-order valence-corrected chi connectivity index (χ3v) is 4.29. The maximum Gasteiger partial charge on any atom is 0.390 e. The number of hydrogen-bond donors (Lipinski definition) is 2. The quantitative estimate of drug-likeness (QED) is 0.523. The van der Waals surface area contributed by atoms with Crippen LogP contribution in [0.3, 0.4) is 0 Å².